The normalized spacial score (nSPS) is 21.1. The number of amidine groups is 1. The molecule has 3 aliphatic rings. The number of carbonyl (C=O) groups excluding carboxylic acids is 3. The van der Waals surface area contributed by atoms with E-state index in [4.69, 9.17) is 25.8 Å². The zero-order valence-electron chi connectivity index (χ0n) is 21.8. The number of ether oxygens (including phenoxy) is 3. The third kappa shape index (κ3) is 6.24. The van der Waals surface area contributed by atoms with Crippen LogP contribution in [-0.4, -0.2) is 72.8 Å². The lowest BCUT2D eigenvalue weighted by atomic mass is 9.93. The number of hydrogen-bond acceptors (Lipinski definition) is 9. The molecule has 2 atom stereocenters. The molecule has 0 N–H and O–H groups in total. The first-order valence-corrected chi connectivity index (χ1v) is 13.9. The molecule has 1 fully saturated rings. The molecule has 3 aliphatic heterocycles. The Morgan fingerprint density at radius 2 is 2.03 bits per heavy atom. The molecular weight excluding hydrogens is 530 g/mol. The van der Waals surface area contributed by atoms with Gasteiger partial charge in [0.2, 0.25) is 5.91 Å². The van der Waals surface area contributed by atoms with E-state index in [2.05, 4.69) is 4.99 Å². The first kappa shape index (κ1) is 28.2. The predicted molar refractivity (Wildman–Crippen MR) is 145 cm³/mol. The number of hydrogen-bond donors (Lipinski definition) is 0. The SMILES string of the molecule is CCOC(=O)[C@@H]1CCCN(C(=O)CC2=CSC3=NC(C)=C(C(=O)OCCOC)[C@@H](c4cccc(Cl)c4)N23)C1. The zero-order chi connectivity index (χ0) is 27.2. The Labute approximate surface area is 231 Å². The van der Waals surface area contributed by atoms with Crippen molar-refractivity contribution in [3.8, 4) is 0 Å². The second-order valence-corrected chi connectivity index (χ2v) is 10.5. The standard InChI is InChI=1S/C27H32ClN3O6S/c1-4-36-25(33)19-8-6-10-30(15-19)22(32)14-21-16-38-27-29-17(2)23(26(34)37-12-11-35-3)24(31(21)27)18-7-5-9-20(28)13-18/h5,7,9,13,16,19,24H,4,6,8,10-12,14-15H2,1-3H3/t19-,24-/m1/s1. The van der Waals surface area contributed by atoms with Crippen LogP contribution in [-0.2, 0) is 28.6 Å². The largest absolute Gasteiger partial charge is 0.466 e. The third-order valence-corrected chi connectivity index (χ3v) is 7.76. The summed E-state index contributed by atoms with van der Waals surface area (Å²) in [5.41, 5.74) is 2.43. The summed E-state index contributed by atoms with van der Waals surface area (Å²) in [5.74, 6) is -1.16. The first-order chi connectivity index (χ1) is 18.3. The maximum Gasteiger partial charge on any atom is 0.338 e. The number of piperidine rings is 1. The molecule has 3 heterocycles. The van der Waals surface area contributed by atoms with Gasteiger partial charge in [0.25, 0.3) is 0 Å². The van der Waals surface area contributed by atoms with Gasteiger partial charge < -0.3 is 24.0 Å². The highest BCUT2D eigenvalue weighted by Crippen LogP contribution is 2.45. The molecule has 0 unspecified atom stereocenters. The lowest BCUT2D eigenvalue weighted by molar-refractivity contribution is -0.151. The van der Waals surface area contributed by atoms with E-state index in [0.717, 1.165) is 17.7 Å². The van der Waals surface area contributed by atoms with Gasteiger partial charge in [-0.05, 0) is 49.8 Å². The highest BCUT2D eigenvalue weighted by atomic mass is 35.5. The number of halogens is 1. The van der Waals surface area contributed by atoms with Crippen LogP contribution < -0.4 is 0 Å². The van der Waals surface area contributed by atoms with Crippen molar-refractivity contribution in [1.29, 1.82) is 0 Å². The van der Waals surface area contributed by atoms with Crippen molar-refractivity contribution in [3.63, 3.8) is 0 Å². The molecule has 1 saturated heterocycles. The Kier molecular flexibility index (Phi) is 9.51. The minimum atomic E-state index is -0.570. The van der Waals surface area contributed by atoms with Gasteiger partial charge in [0.15, 0.2) is 5.17 Å². The van der Waals surface area contributed by atoms with E-state index in [1.165, 1.54) is 18.9 Å². The maximum atomic E-state index is 13.4. The number of esters is 2. The van der Waals surface area contributed by atoms with Crippen molar-refractivity contribution in [1.82, 2.24) is 9.80 Å². The van der Waals surface area contributed by atoms with Gasteiger partial charge in [-0.3, -0.25) is 9.59 Å². The number of thioether (sulfide) groups is 1. The molecule has 4 rings (SSSR count). The van der Waals surface area contributed by atoms with Crippen LogP contribution in [0.4, 0.5) is 0 Å². The van der Waals surface area contributed by atoms with Gasteiger partial charge in [0.05, 0.1) is 42.9 Å². The van der Waals surface area contributed by atoms with Crippen molar-refractivity contribution in [2.45, 2.75) is 39.2 Å². The summed E-state index contributed by atoms with van der Waals surface area (Å²) in [7, 11) is 1.54. The second kappa shape index (κ2) is 12.8. The molecule has 1 aromatic carbocycles. The van der Waals surface area contributed by atoms with Crippen LogP contribution in [0.3, 0.4) is 0 Å². The third-order valence-electron chi connectivity index (χ3n) is 6.63. The van der Waals surface area contributed by atoms with Crippen molar-refractivity contribution in [2.24, 2.45) is 10.9 Å². The Bertz CT molecular complexity index is 1180. The smallest absolute Gasteiger partial charge is 0.338 e. The minimum absolute atomic E-state index is 0.0903. The fourth-order valence-electron chi connectivity index (χ4n) is 4.84. The molecule has 9 nitrogen and oxygen atoms in total. The quantitative estimate of drug-likeness (QED) is 0.325. The number of fused-ring (bicyclic) bond motifs is 1. The lowest BCUT2D eigenvalue weighted by Crippen LogP contribution is -2.44. The van der Waals surface area contributed by atoms with Crippen molar-refractivity contribution in [2.75, 3.05) is 40.0 Å². The number of aliphatic imine (C=N–C) groups is 1. The van der Waals surface area contributed by atoms with Crippen molar-refractivity contribution in [3.05, 3.63) is 57.2 Å². The number of benzene rings is 1. The van der Waals surface area contributed by atoms with E-state index in [1.807, 2.05) is 28.5 Å². The van der Waals surface area contributed by atoms with Gasteiger partial charge >= 0.3 is 11.9 Å². The summed E-state index contributed by atoms with van der Waals surface area (Å²) < 4.78 is 15.7. The van der Waals surface area contributed by atoms with Gasteiger partial charge in [-0.25, -0.2) is 9.79 Å². The molecule has 0 aliphatic carbocycles. The van der Waals surface area contributed by atoms with Crippen molar-refractivity contribution < 1.29 is 28.6 Å². The molecule has 0 radical (unpaired) electrons. The number of methoxy groups -OCH3 is 1. The molecule has 11 heteroatoms. The van der Waals surface area contributed by atoms with E-state index in [1.54, 1.807) is 24.8 Å². The number of amides is 1. The molecule has 0 spiro atoms. The molecular formula is C27H32ClN3O6S. The summed E-state index contributed by atoms with van der Waals surface area (Å²) in [5, 5.41) is 3.10. The summed E-state index contributed by atoms with van der Waals surface area (Å²) in [6.45, 7) is 5.19. The van der Waals surface area contributed by atoms with E-state index < -0.39 is 12.0 Å². The topological polar surface area (TPSA) is 97.7 Å². The Morgan fingerprint density at radius 1 is 1.21 bits per heavy atom. The van der Waals surface area contributed by atoms with E-state index in [0.29, 0.717) is 47.6 Å². The van der Waals surface area contributed by atoms with E-state index in [-0.39, 0.29) is 37.4 Å². The molecule has 1 aromatic rings. The molecule has 38 heavy (non-hydrogen) atoms. The van der Waals surface area contributed by atoms with Crippen LogP contribution >= 0.6 is 23.4 Å². The summed E-state index contributed by atoms with van der Waals surface area (Å²) >= 11 is 7.75. The monoisotopic (exact) mass is 561 g/mol. The van der Waals surface area contributed by atoms with Crippen LogP contribution in [0.15, 0.2) is 51.6 Å². The van der Waals surface area contributed by atoms with Crippen LogP contribution in [0.1, 0.15) is 44.7 Å². The van der Waals surface area contributed by atoms with Gasteiger partial charge in [0, 0.05) is 30.9 Å². The predicted octanol–water partition coefficient (Wildman–Crippen LogP) is 4.30. The lowest BCUT2D eigenvalue weighted by Gasteiger charge is -2.37. The Morgan fingerprint density at radius 3 is 2.76 bits per heavy atom. The summed E-state index contributed by atoms with van der Waals surface area (Å²) in [4.78, 5) is 47.3. The second-order valence-electron chi connectivity index (χ2n) is 9.18. The van der Waals surface area contributed by atoms with Gasteiger partial charge in [0.1, 0.15) is 6.61 Å². The highest BCUT2D eigenvalue weighted by molar-refractivity contribution is 8.16. The first-order valence-electron chi connectivity index (χ1n) is 12.6. The van der Waals surface area contributed by atoms with Gasteiger partial charge in [-0.2, -0.15) is 0 Å². The number of allylic oxidation sites excluding steroid dienone is 1. The van der Waals surface area contributed by atoms with Gasteiger partial charge in [-0.15, -0.1) is 0 Å². The van der Waals surface area contributed by atoms with E-state index >= 15 is 0 Å². The van der Waals surface area contributed by atoms with Gasteiger partial charge in [-0.1, -0.05) is 35.5 Å². The summed E-state index contributed by atoms with van der Waals surface area (Å²) in [6, 6.07) is 6.73. The summed E-state index contributed by atoms with van der Waals surface area (Å²) in [6.07, 6.45) is 1.55. The minimum Gasteiger partial charge on any atom is -0.466 e. The fourth-order valence-corrected chi connectivity index (χ4v) is 6.00. The van der Waals surface area contributed by atoms with E-state index in [9.17, 15) is 14.4 Å². The van der Waals surface area contributed by atoms with Crippen LogP contribution in [0.25, 0.3) is 0 Å². The molecule has 0 aromatic heterocycles. The number of rotatable bonds is 9. The Hall–Kier alpha value is -2.82. The van der Waals surface area contributed by atoms with Crippen LogP contribution in [0, 0.1) is 5.92 Å². The van der Waals surface area contributed by atoms with Crippen LogP contribution in [0.5, 0.6) is 0 Å². The fraction of sp³-hybridized carbons (Fsp3) is 0.481. The number of nitrogens with zero attached hydrogens (tertiary/aromatic N) is 3. The average Bonchev–Trinajstić information content (AvgIpc) is 3.29. The molecule has 0 saturated carbocycles. The number of carbonyl (C=O) groups is 3. The zero-order valence-corrected chi connectivity index (χ0v) is 23.3. The molecule has 1 amide bonds. The van der Waals surface area contributed by atoms with Crippen molar-refractivity contribution >= 4 is 46.4 Å². The Balaban J connectivity index is 1.59. The molecule has 0 bridgehead atoms. The maximum absolute atomic E-state index is 13.4. The molecule has 204 valence electrons. The van der Waals surface area contributed by atoms with Crippen LogP contribution in [0.2, 0.25) is 5.02 Å². The highest BCUT2D eigenvalue weighted by Gasteiger charge is 2.42. The average molecular weight is 562 g/mol. The number of likely N-dealkylation sites (tertiary alicyclic amines) is 1.